The van der Waals surface area contributed by atoms with Gasteiger partial charge in [0.15, 0.2) is 0 Å². The van der Waals surface area contributed by atoms with Crippen molar-refractivity contribution in [1.82, 2.24) is 10.6 Å². The van der Waals surface area contributed by atoms with E-state index in [-0.39, 0.29) is 24.6 Å². The van der Waals surface area contributed by atoms with E-state index in [1.165, 1.54) is 0 Å². The number of benzene rings is 1. The second-order valence-corrected chi connectivity index (χ2v) is 5.77. The standard InChI is InChI=1S/C16H21F3N2O3/c1-23-14-4-2-11(3-5-14)8-24-9-15(22)21-13-6-12(7-13)20-10-16(17,18)19/h2-5,12-13,20H,6-10H2,1H3,(H,21,22). The molecule has 1 saturated carbocycles. The summed E-state index contributed by atoms with van der Waals surface area (Å²) >= 11 is 0. The Kier molecular flexibility index (Phi) is 6.44. The van der Waals surface area contributed by atoms with E-state index in [4.69, 9.17) is 9.47 Å². The number of alkyl halides is 3. The molecule has 0 unspecified atom stereocenters. The molecule has 24 heavy (non-hydrogen) atoms. The third kappa shape index (κ3) is 6.37. The maximum atomic E-state index is 12.0. The zero-order valence-electron chi connectivity index (χ0n) is 13.4. The van der Waals surface area contributed by atoms with Crippen LogP contribution in [0.4, 0.5) is 13.2 Å². The Hall–Kier alpha value is -1.80. The van der Waals surface area contributed by atoms with Gasteiger partial charge < -0.3 is 20.1 Å². The van der Waals surface area contributed by atoms with E-state index in [9.17, 15) is 18.0 Å². The normalized spacial score (nSPS) is 20.3. The summed E-state index contributed by atoms with van der Waals surface area (Å²) in [5.41, 5.74) is 0.920. The Morgan fingerprint density at radius 1 is 1.21 bits per heavy atom. The number of carbonyl (C=O) groups excluding carboxylic acids is 1. The topological polar surface area (TPSA) is 59.6 Å². The van der Waals surface area contributed by atoms with Gasteiger partial charge in [-0.05, 0) is 30.5 Å². The van der Waals surface area contributed by atoms with Crippen LogP contribution < -0.4 is 15.4 Å². The highest BCUT2D eigenvalue weighted by Crippen LogP contribution is 2.22. The van der Waals surface area contributed by atoms with Crippen molar-refractivity contribution in [1.29, 1.82) is 0 Å². The maximum Gasteiger partial charge on any atom is 0.401 e. The van der Waals surface area contributed by atoms with Gasteiger partial charge in [0.05, 0.1) is 20.3 Å². The van der Waals surface area contributed by atoms with Crippen LogP contribution in [0.1, 0.15) is 18.4 Å². The summed E-state index contributed by atoms with van der Waals surface area (Å²) < 4.78 is 46.5. The number of hydrogen-bond acceptors (Lipinski definition) is 4. The molecule has 2 N–H and O–H groups in total. The van der Waals surface area contributed by atoms with E-state index < -0.39 is 12.7 Å². The summed E-state index contributed by atoms with van der Waals surface area (Å²) in [4.78, 5) is 11.7. The van der Waals surface area contributed by atoms with Gasteiger partial charge in [0.1, 0.15) is 12.4 Å². The van der Waals surface area contributed by atoms with Crippen LogP contribution in [0.2, 0.25) is 0 Å². The molecular formula is C16H21F3N2O3. The summed E-state index contributed by atoms with van der Waals surface area (Å²) in [7, 11) is 1.58. The fourth-order valence-electron chi connectivity index (χ4n) is 2.42. The van der Waals surface area contributed by atoms with Crippen molar-refractivity contribution >= 4 is 5.91 Å². The zero-order chi connectivity index (χ0) is 17.6. The van der Waals surface area contributed by atoms with E-state index in [1.54, 1.807) is 19.2 Å². The lowest BCUT2D eigenvalue weighted by Crippen LogP contribution is -2.54. The molecule has 1 aliphatic rings. The Labute approximate surface area is 138 Å². The van der Waals surface area contributed by atoms with Gasteiger partial charge in [0.2, 0.25) is 5.91 Å². The lowest BCUT2D eigenvalue weighted by Gasteiger charge is -2.36. The average Bonchev–Trinajstić information content (AvgIpc) is 2.49. The predicted molar refractivity (Wildman–Crippen MR) is 81.7 cm³/mol. The van der Waals surface area contributed by atoms with Crippen LogP contribution in [0.5, 0.6) is 5.75 Å². The average molecular weight is 346 g/mol. The second-order valence-electron chi connectivity index (χ2n) is 5.77. The Balaban J connectivity index is 1.56. The third-order valence-electron chi connectivity index (χ3n) is 3.76. The largest absolute Gasteiger partial charge is 0.497 e. The monoisotopic (exact) mass is 346 g/mol. The van der Waals surface area contributed by atoms with Crippen molar-refractivity contribution in [3.05, 3.63) is 29.8 Å². The van der Waals surface area contributed by atoms with Crippen molar-refractivity contribution < 1.29 is 27.4 Å². The molecule has 0 bridgehead atoms. The molecule has 1 aromatic rings. The smallest absolute Gasteiger partial charge is 0.401 e. The maximum absolute atomic E-state index is 12.0. The number of nitrogens with one attached hydrogen (secondary N) is 2. The summed E-state index contributed by atoms with van der Waals surface area (Å²) in [6.07, 6.45) is -3.20. The van der Waals surface area contributed by atoms with E-state index in [2.05, 4.69) is 10.6 Å². The van der Waals surface area contributed by atoms with Gasteiger partial charge in [-0.1, -0.05) is 12.1 Å². The van der Waals surface area contributed by atoms with Gasteiger partial charge in [-0.3, -0.25) is 4.79 Å². The third-order valence-corrected chi connectivity index (χ3v) is 3.76. The van der Waals surface area contributed by atoms with Crippen molar-refractivity contribution in [2.24, 2.45) is 0 Å². The van der Waals surface area contributed by atoms with Crippen LogP contribution in [0.25, 0.3) is 0 Å². The summed E-state index contributed by atoms with van der Waals surface area (Å²) in [6.45, 7) is -0.773. The van der Waals surface area contributed by atoms with Crippen molar-refractivity contribution in [2.45, 2.75) is 37.7 Å². The summed E-state index contributed by atoms with van der Waals surface area (Å²) in [6, 6.07) is 7.02. The SMILES string of the molecule is COc1ccc(COCC(=O)NC2CC(NCC(F)(F)F)C2)cc1. The number of methoxy groups -OCH3 is 1. The highest BCUT2D eigenvalue weighted by atomic mass is 19.4. The first kappa shape index (κ1) is 18.5. The molecule has 0 atom stereocenters. The molecule has 8 heteroatoms. The molecule has 5 nitrogen and oxygen atoms in total. The van der Waals surface area contributed by atoms with Crippen molar-refractivity contribution in [3.8, 4) is 5.75 Å². The molecule has 134 valence electrons. The Morgan fingerprint density at radius 3 is 2.46 bits per heavy atom. The highest BCUT2D eigenvalue weighted by molar-refractivity contribution is 5.77. The van der Waals surface area contributed by atoms with Crippen molar-refractivity contribution in [2.75, 3.05) is 20.3 Å². The van der Waals surface area contributed by atoms with Crippen LogP contribution in [0, 0.1) is 0 Å². The van der Waals surface area contributed by atoms with Crippen molar-refractivity contribution in [3.63, 3.8) is 0 Å². The predicted octanol–water partition coefficient (Wildman–Crippen LogP) is 2.01. The van der Waals surface area contributed by atoms with Gasteiger partial charge in [-0.15, -0.1) is 0 Å². The Morgan fingerprint density at radius 2 is 1.88 bits per heavy atom. The molecule has 0 aromatic heterocycles. The van der Waals surface area contributed by atoms with Gasteiger partial charge in [0, 0.05) is 12.1 Å². The molecule has 0 saturated heterocycles. The molecule has 2 rings (SSSR count). The number of carbonyl (C=O) groups is 1. The first-order valence-corrected chi connectivity index (χ1v) is 7.66. The summed E-state index contributed by atoms with van der Waals surface area (Å²) in [5, 5.41) is 5.16. The van der Waals surface area contributed by atoms with E-state index in [0.717, 1.165) is 11.3 Å². The molecule has 0 radical (unpaired) electrons. The van der Waals surface area contributed by atoms with Gasteiger partial charge in [-0.25, -0.2) is 0 Å². The van der Waals surface area contributed by atoms with Gasteiger partial charge in [0.25, 0.3) is 0 Å². The molecule has 0 spiro atoms. The van der Waals surface area contributed by atoms with Crippen LogP contribution >= 0.6 is 0 Å². The lowest BCUT2D eigenvalue weighted by atomic mass is 9.86. The molecule has 1 aliphatic carbocycles. The minimum Gasteiger partial charge on any atom is -0.497 e. The first-order valence-electron chi connectivity index (χ1n) is 7.66. The number of hydrogen-bond donors (Lipinski definition) is 2. The number of rotatable bonds is 8. The van der Waals surface area contributed by atoms with Gasteiger partial charge >= 0.3 is 6.18 Å². The molecular weight excluding hydrogens is 325 g/mol. The number of amides is 1. The molecule has 0 aliphatic heterocycles. The van der Waals surface area contributed by atoms with Crippen LogP contribution in [-0.2, 0) is 16.1 Å². The van der Waals surface area contributed by atoms with E-state index in [0.29, 0.717) is 19.4 Å². The van der Waals surface area contributed by atoms with Crippen LogP contribution in [0.15, 0.2) is 24.3 Å². The van der Waals surface area contributed by atoms with Crippen LogP contribution in [-0.4, -0.2) is 44.4 Å². The molecule has 0 heterocycles. The van der Waals surface area contributed by atoms with Crippen LogP contribution in [0.3, 0.4) is 0 Å². The minimum absolute atomic E-state index is 0.0802. The zero-order valence-corrected chi connectivity index (χ0v) is 13.4. The Bertz CT molecular complexity index is 528. The second kappa shape index (κ2) is 8.34. The number of halogens is 3. The molecule has 1 aromatic carbocycles. The molecule has 1 fully saturated rings. The van der Waals surface area contributed by atoms with E-state index >= 15 is 0 Å². The van der Waals surface area contributed by atoms with Gasteiger partial charge in [-0.2, -0.15) is 13.2 Å². The highest BCUT2D eigenvalue weighted by Gasteiger charge is 2.34. The summed E-state index contributed by atoms with van der Waals surface area (Å²) in [5.74, 6) is 0.484. The minimum atomic E-state index is -4.20. The lowest BCUT2D eigenvalue weighted by molar-refractivity contribution is -0.131. The fourth-order valence-corrected chi connectivity index (χ4v) is 2.42. The van der Waals surface area contributed by atoms with E-state index in [1.807, 2.05) is 12.1 Å². The quantitative estimate of drug-likeness (QED) is 0.756. The molecule has 1 amide bonds. The fraction of sp³-hybridized carbons (Fsp3) is 0.562. The first-order chi connectivity index (χ1) is 11.4. The number of ether oxygens (including phenoxy) is 2.